The van der Waals surface area contributed by atoms with Crippen molar-refractivity contribution in [1.82, 2.24) is 0 Å². The van der Waals surface area contributed by atoms with Crippen LogP contribution in [0.3, 0.4) is 0 Å². The van der Waals surface area contributed by atoms with Crippen LogP contribution in [0.2, 0.25) is 5.22 Å². The first-order valence-corrected chi connectivity index (χ1v) is 5.65. The summed E-state index contributed by atoms with van der Waals surface area (Å²) in [6.07, 6.45) is 8.01. The van der Waals surface area contributed by atoms with E-state index in [4.69, 9.17) is 21.8 Å². The molecule has 1 heterocycles. The van der Waals surface area contributed by atoms with Gasteiger partial charge in [0.1, 0.15) is 0 Å². The standard InChI is InChI=1S/C11H16ClNO/c12-11-9(6-7-14-11)10(13)8-4-2-1-3-5-8/h6-8,10H,1-5,13H2. The Hall–Kier alpha value is -0.470. The van der Waals surface area contributed by atoms with Crippen molar-refractivity contribution in [2.75, 3.05) is 0 Å². The first kappa shape index (κ1) is 10.1. The summed E-state index contributed by atoms with van der Waals surface area (Å²) in [6, 6.07) is 1.95. The average Bonchev–Trinajstić information content (AvgIpc) is 2.65. The van der Waals surface area contributed by atoms with E-state index >= 15 is 0 Å². The minimum absolute atomic E-state index is 0.0570. The minimum atomic E-state index is 0.0570. The van der Waals surface area contributed by atoms with E-state index in [0.717, 1.165) is 5.56 Å². The smallest absolute Gasteiger partial charge is 0.197 e. The number of hydrogen-bond acceptors (Lipinski definition) is 2. The molecule has 0 amide bonds. The van der Waals surface area contributed by atoms with Crippen LogP contribution < -0.4 is 5.73 Å². The molecule has 3 heteroatoms. The lowest BCUT2D eigenvalue weighted by atomic mass is 9.82. The van der Waals surface area contributed by atoms with E-state index in [-0.39, 0.29) is 6.04 Å². The van der Waals surface area contributed by atoms with Crippen molar-refractivity contribution in [2.45, 2.75) is 38.1 Å². The maximum Gasteiger partial charge on any atom is 0.197 e. The van der Waals surface area contributed by atoms with Gasteiger partial charge < -0.3 is 10.2 Å². The zero-order chi connectivity index (χ0) is 9.97. The van der Waals surface area contributed by atoms with E-state index in [1.807, 2.05) is 6.07 Å². The summed E-state index contributed by atoms with van der Waals surface area (Å²) in [6.45, 7) is 0. The predicted octanol–water partition coefficient (Wildman–Crippen LogP) is 3.51. The second-order valence-corrected chi connectivity index (χ2v) is 4.42. The van der Waals surface area contributed by atoms with Gasteiger partial charge in [0.15, 0.2) is 5.22 Å². The number of hydrogen-bond donors (Lipinski definition) is 1. The van der Waals surface area contributed by atoms with E-state index in [1.165, 1.54) is 32.1 Å². The molecule has 1 unspecified atom stereocenters. The van der Waals surface area contributed by atoms with Gasteiger partial charge in [0.2, 0.25) is 0 Å². The lowest BCUT2D eigenvalue weighted by Gasteiger charge is -2.26. The molecular weight excluding hydrogens is 198 g/mol. The van der Waals surface area contributed by atoms with E-state index in [9.17, 15) is 0 Å². The molecular formula is C11H16ClNO. The molecule has 14 heavy (non-hydrogen) atoms. The van der Waals surface area contributed by atoms with Crippen molar-refractivity contribution in [3.63, 3.8) is 0 Å². The molecule has 78 valence electrons. The van der Waals surface area contributed by atoms with Gasteiger partial charge in [0.05, 0.1) is 6.26 Å². The van der Waals surface area contributed by atoms with Gasteiger partial charge >= 0.3 is 0 Å². The second-order valence-electron chi connectivity index (χ2n) is 4.07. The van der Waals surface area contributed by atoms with Crippen molar-refractivity contribution in [2.24, 2.45) is 11.7 Å². The third-order valence-electron chi connectivity index (χ3n) is 3.16. The molecule has 1 aromatic heterocycles. The lowest BCUT2D eigenvalue weighted by molar-refractivity contribution is 0.307. The van der Waals surface area contributed by atoms with Crippen molar-refractivity contribution < 1.29 is 4.42 Å². The summed E-state index contributed by atoms with van der Waals surface area (Å²) in [4.78, 5) is 0. The Labute approximate surface area is 89.4 Å². The van der Waals surface area contributed by atoms with Crippen LogP contribution in [0.15, 0.2) is 16.7 Å². The van der Waals surface area contributed by atoms with E-state index in [1.54, 1.807) is 6.26 Å². The van der Waals surface area contributed by atoms with Crippen LogP contribution in [0.1, 0.15) is 43.7 Å². The van der Waals surface area contributed by atoms with Gasteiger partial charge in [-0.25, -0.2) is 0 Å². The maximum atomic E-state index is 6.17. The third kappa shape index (κ3) is 1.96. The largest absolute Gasteiger partial charge is 0.453 e. The molecule has 2 N–H and O–H groups in total. The fraction of sp³-hybridized carbons (Fsp3) is 0.636. The van der Waals surface area contributed by atoms with Gasteiger partial charge in [0.25, 0.3) is 0 Å². The van der Waals surface area contributed by atoms with E-state index in [0.29, 0.717) is 11.1 Å². The molecule has 0 saturated heterocycles. The van der Waals surface area contributed by atoms with Crippen LogP contribution in [-0.4, -0.2) is 0 Å². The second kappa shape index (κ2) is 4.37. The zero-order valence-electron chi connectivity index (χ0n) is 8.21. The highest BCUT2D eigenvalue weighted by atomic mass is 35.5. The monoisotopic (exact) mass is 213 g/mol. The highest BCUT2D eigenvalue weighted by molar-refractivity contribution is 6.29. The van der Waals surface area contributed by atoms with Crippen LogP contribution in [0, 0.1) is 5.92 Å². The summed E-state index contributed by atoms with van der Waals surface area (Å²) in [5.41, 5.74) is 7.14. The molecule has 0 bridgehead atoms. The van der Waals surface area contributed by atoms with Gasteiger partial charge in [-0.2, -0.15) is 0 Å². The molecule has 1 aliphatic carbocycles. The fourth-order valence-corrected chi connectivity index (χ4v) is 2.53. The van der Waals surface area contributed by atoms with Gasteiger partial charge in [-0.05, 0) is 36.4 Å². The first-order valence-electron chi connectivity index (χ1n) is 5.27. The van der Waals surface area contributed by atoms with Crippen LogP contribution in [-0.2, 0) is 0 Å². The Bertz CT molecular complexity index is 291. The first-order chi connectivity index (χ1) is 6.79. The lowest BCUT2D eigenvalue weighted by Crippen LogP contribution is -2.23. The predicted molar refractivity (Wildman–Crippen MR) is 57.2 cm³/mol. The molecule has 0 aliphatic heterocycles. The fourth-order valence-electron chi connectivity index (χ4n) is 2.29. The molecule has 1 aromatic rings. The van der Waals surface area contributed by atoms with Crippen molar-refractivity contribution in [3.05, 3.63) is 23.1 Å². The topological polar surface area (TPSA) is 39.2 Å². The van der Waals surface area contributed by atoms with Crippen molar-refractivity contribution in [1.29, 1.82) is 0 Å². The Morgan fingerprint density at radius 2 is 2.07 bits per heavy atom. The molecule has 2 nitrogen and oxygen atoms in total. The Morgan fingerprint density at radius 1 is 1.36 bits per heavy atom. The van der Waals surface area contributed by atoms with Gasteiger partial charge in [0, 0.05) is 11.6 Å². The molecule has 1 fully saturated rings. The molecule has 1 atom stereocenters. The molecule has 0 aromatic carbocycles. The van der Waals surface area contributed by atoms with Crippen LogP contribution in [0.4, 0.5) is 0 Å². The van der Waals surface area contributed by atoms with Gasteiger partial charge in [-0.1, -0.05) is 19.3 Å². The van der Waals surface area contributed by atoms with E-state index in [2.05, 4.69) is 0 Å². The molecule has 0 spiro atoms. The van der Waals surface area contributed by atoms with Crippen LogP contribution in [0.5, 0.6) is 0 Å². The summed E-state index contributed by atoms with van der Waals surface area (Å²) in [5, 5.41) is 0.461. The van der Waals surface area contributed by atoms with Crippen LogP contribution in [0.25, 0.3) is 0 Å². The highest BCUT2D eigenvalue weighted by Crippen LogP contribution is 2.35. The van der Waals surface area contributed by atoms with E-state index < -0.39 is 0 Å². The zero-order valence-corrected chi connectivity index (χ0v) is 8.96. The van der Waals surface area contributed by atoms with Crippen LogP contribution >= 0.6 is 11.6 Å². The third-order valence-corrected chi connectivity index (χ3v) is 3.47. The summed E-state index contributed by atoms with van der Waals surface area (Å²) >= 11 is 5.91. The van der Waals surface area contributed by atoms with Crippen molar-refractivity contribution in [3.8, 4) is 0 Å². The molecule has 0 radical (unpaired) electrons. The summed E-state index contributed by atoms with van der Waals surface area (Å²) in [5.74, 6) is 0.582. The Kier molecular flexibility index (Phi) is 3.14. The molecule has 1 aliphatic rings. The SMILES string of the molecule is NC(c1ccoc1Cl)C1CCCCC1. The van der Waals surface area contributed by atoms with Gasteiger partial charge in [-0.15, -0.1) is 0 Å². The van der Waals surface area contributed by atoms with Gasteiger partial charge in [-0.3, -0.25) is 0 Å². The molecule has 2 rings (SSSR count). The molecule has 1 saturated carbocycles. The average molecular weight is 214 g/mol. The summed E-state index contributed by atoms with van der Waals surface area (Å²) in [7, 11) is 0. The van der Waals surface area contributed by atoms with Crippen molar-refractivity contribution >= 4 is 11.6 Å². The minimum Gasteiger partial charge on any atom is -0.453 e. The Morgan fingerprint density at radius 3 is 2.64 bits per heavy atom. The summed E-state index contributed by atoms with van der Waals surface area (Å²) < 4.78 is 5.06. The number of nitrogens with two attached hydrogens (primary N) is 1. The quantitative estimate of drug-likeness (QED) is 0.817. The number of halogens is 1. The normalized spacial score (nSPS) is 21.0. The highest BCUT2D eigenvalue weighted by Gasteiger charge is 2.24. The maximum absolute atomic E-state index is 6.17. The Balaban J connectivity index is 2.07. The number of furan rings is 1. The number of rotatable bonds is 2.